The summed E-state index contributed by atoms with van der Waals surface area (Å²) < 4.78 is 0. The lowest BCUT2D eigenvalue weighted by atomic mass is 10.0. The molecule has 0 aromatic heterocycles. The summed E-state index contributed by atoms with van der Waals surface area (Å²) in [5.41, 5.74) is 4.36. The fourth-order valence-corrected chi connectivity index (χ4v) is 3.99. The highest BCUT2D eigenvalue weighted by Gasteiger charge is 2.19. The van der Waals surface area contributed by atoms with Gasteiger partial charge in [-0.1, -0.05) is 49.4 Å². The quantitative estimate of drug-likeness (QED) is 0.881. The van der Waals surface area contributed by atoms with Crippen molar-refractivity contribution in [1.82, 2.24) is 5.32 Å². The smallest absolute Gasteiger partial charge is 0.0342 e. The van der Waals surface area contributed by atoms with E-state index in [4.69, 9.17) is 0 Å². The molecule has 0 aliphatic carbocycles. The molecule has 20 heavy (non-hydrogen) atoms. The van der Waals surface area contributed by atoms with Crippen molar-refractivity contribution >= 4 is 11.8 Å². The van der Waals surface area contributed by atoms with Gasteiger partial charge < -0.3 is 5.32 Å². The SMILES string of the molecule is CCc1ccccc1CNC1CCSc2ccccc21. The largest absolute Gasteiger partial charge is 0.306 e. The first-order valence-electron chi connectivity index (χ1n) is 7.40. The average molecular weight is 283 g/mol. The summed E-state index contributed by atoms with van der Waals surface area (Å²) in [6.07, 6.45) is 2.32. The predicted octanol–water partition coefficient (Wildman–Crippen LogP) is 4.58. The van der Waals surface area contributed by atoms with Crippen molar-refractivity contribution in [2.45, 2.75) is 37.2 Å². The van der Waals surface area contributed by atoms with E-state index in [2.05, 4.69) is 60.8 Å². The molecular weight excluding hydrogens is 262 g/mol. The summed E-state index contributed by atoms with van der Waals surface area (Å²) in [5.74, 6) is 1.21. The van der Waals surface area contributed by atoms with Crippen LogP contribution in [0.2, 0.25) is 0 Å². The van der Waals surface area contributed by atoms with E-state index < -0.39 is 0 Å². The summed E-state index contributed by atoms with van der Waals surface area (Å²) in [4.78, 5) is 1.44. The fourth-order valence-electron chi connectivity index (χ4n) is 2.86. The van der Waals surface area contributed by atoms with Gasteiger partial charge in [-0.05, 0) is 41.4 Å². The molecule has 0 saturated carbocycles. The van der Waals surface area contributed by atoms with E-state index in [1.807, 2.05) is 11.8 Å². The minimum absolute atomic E-state index is 0.498. The number of hydrogen-bond donors (Lipinski definition) is 1. The van der Waals surface area contributed by atoms with Crippen LogP contribution in [0.1, 0.15) is 36.1 Å². The van der Waals surface area contributed by atoms with Gasteiger partial charge in [-0.25, -0.2) is 0 Å². The monoisotopic (exact) mass is 283 g/mol. The molecule has 0 radical (unpaired) electrons. The number of nitrogens with one attached hydrogen (secondary N) is 1. The Bertz CT molecular complexity index is 579. The molecule has 1 heterocycles. The summed E-state index contributed by atoms with van der Waals surface area (Å²) in [7, 11) is 0. The van der Waals surface area contributed by atoms with Gasteiger partial charge >= 0.3 is 0 Å². The zero-order valence-corrected chi connectivity index (χ0v) is 12.7. The molecule has 2 aromatic rings. The zero-order valence-electron chi connectivity index (χ0n) is 11.9. The molecule has 0 bridgehead atoms. The van der Waals surface area contributed by atoms with Crippen molar-refractivity contribution in [3.05, 3.63) is 65.2 Å². The van der Waals surface area contributed by atoms with Gasteiger partial charge in [0.1, 0.15) is 0 Å². The maximum absolute atomic E-state index is 3.76. The zero-order chi connectivity index (χ0) is 13.8. The third-order valence-electron chi connectivity index (χ3n) is 4.00. The lowest BCUT2D eigenvalue weighted by Crippen LogP contribution is -2.24. The minimum Gasteiger partial charge on any atom is -0.306 e. The average Bonchev–Trinajstić information content (AvgIpc) is 2.53. The molecule has 1 N–H and O–H groups in total. The highest BCUT2D eigenvalue weighted by Crippen LogP contribution is 2.35. The van der Waals surface area contributed by atoms with Crippen LogP contribution in [0.15, 0.2) is 53.4 Å². The van der Waals surface area contributed by atoms with Crippen molar-refractivity contribution in [1.29, 1.82) is 0 Å². The summed E-state index contributed by atoms with van der Waals surface area (Å²) in [6.45, 7) is 3.19. The molecule has 1 atom stereocenters. The molecule has 1 aliphatic heterocycles. The number of aryl methyl sites for hydroxylation is 1. The minimum atomic E-state index is 0.498. The van der Waals surface area contributed by atoms with E-state index in [9.17, 15) is 0 Å². The van der Waals surface area contributed by atoms with E-state index in [1.54, 1.807) is 0 Å². The molecule has 0 fully saturated rings. The Morgan fingerprint density at radius 1 is 1.05 bits per heavy atom. The number of benzene rings is 2. The van der Waals surface area contributed by atoms with Crippen LogP contribution in [0.5, 0.6) is 0 Å². The highest BCUT2D eigenvalue weighted by atomic mass is 32.2. The molecule has 0 saturated heterocycles. The Morgan fingerprint density at radius 3 is 2.65 bits per heavy atom. The Morgan fingerprint density at radius 2 is 1.80 bits per heavy atom. The normalized spacial score (nSPS) is 17.8. The number of rotatable bonds is 4. The van der Waals surface area contributed by atoms with E-state index in [-0.39, 0.29) is 0 Å². The Labute approximate surface area is 125 Å². The van der Waals surface area contributed by atoms with Crippen LogP contribution in [0.25, 0.3) is 0 Å². The van der Waals surface area contributed by atoms with Crippen LogP contribution < -0.4 is 5.32 Å². The fraction of sp³-hybridized carbons (Fsp3) is 0.333. The lowest BCUT2D eigenvalue weighted by molar-refractivity contribution is 0.509. The van der Waals surface area contributed by atoms with E-state index in [0.29, 0.717) is 6.04 Å². The second-order valence-corrected chi connectivity index (χ2v) is 6.37. The Hall–Kier alpha value is -1.25. The predicted molar refractivity (Wildman–Crippen MR) is 87.2 cm³/mol. The Kier molecular flexibility index (Phi) is 4.44. The summed E-state index contributed by atoms with van der Waals surface area (Å²) in [5, 5.41) is 3.76. The van der Waals surface area contributed by atoms with Crippen molar-refractivity contribution < 1.29 is 0 Å². The molecule has 0 amide bonds. The Balaban J connectivity index is 1.73. The molecule has 2 heteroatoms. The molecule has 1 nitrogen and oxygen atoms in total. The second-order valence-electron chi connectivity index (χ2n) is 5.23. The van der Waals surface area contributed by atoms with Crippen LogP contribution in [0.4, 0.5) is 0 Å². The van der Waals surface area contributed by atoms with E-state index in [0.717, 1.165) is 13.0 Å². The first kappa shape index (κ1) is 13.7. The van der Waals surface area contributed by atoms with Gasteiger partial charge in [0.15, 0.2) is 0 Å². The van der Waals surface area contributed by atoms with Gasteiger partial charge in [-0.2, -0.15) is 0 Å². The topological polar surface area (TPSA) is 12.0 Å². The molecule has 104 valence electrons. The van der Waals surface area contributed by atoms with Crippen LogP contribution in [-0.4, -0.2) is 5.75 Å². The van der Waals surface area contributed by atoms with E-state index >= 15 is 0 Å². The van der Waals surface area contributed by atoms with Gasteiger partial charge in [0.2, 0.25) is 0 Å². The molecule has 3 rings (SSSR count). The van der Waals surface area contributed by atoms with Gasteiger partial charge in [0.05, 0.1) is 0 Å². The summed E-state index contributed by atoms with van der Waals surface area (Å²) >= 11 is 1.98. The van der Waals surface area contributed by atoms with Crippen molar-refractivity contribution in [2.24, 2.45) is 0 Å². The lowest BCUT2D eigenvalue weighted by Gasteiger charge is -2.26. The van der Waals surface area contributed by atoms with Gasteiger partial charge in [-0.3, -0.25) is 0 Å². The van der Waals surface area contributed by atoms with Gasteiger partial charge in [-0.15, -0.1) is 11.8 Å². The molecular formula is C18H21NS. The number of thioether (sulfide) groups is 1. The van der Waals surface area contributed by atoms with Crippen LogP contribution in [0.3, 0.4) is 0 Å². The molecule has 1 aliphatic rings. The van der Waals surface area contributed by atoms with Crippen LogP contribution in [-0.2, 0) is 13.0 Å². The van der Waals surface area contributed by atoms with Crippen molar-refractivity contribution in [3.63, 3.8) is 0 Å². The molecule has 2 aromatic carbocycles. The van der Waals surface area contributed by atoms with Crippen molar-refractivity contribution in [3.8, 4) is 0 Å². The van der Waals surface area contributed by atoms with Crippen LogP contribution in [0, 0.1) is 0 Å². The van der Waals surface area contributed by atoms with Gasteiger partial charge in [0, 0.05) is 17.5 Å². The van der Waals surface area contributed by atoms with Gasteiger partial charge in [0.25, 0.3) is 0 Å². The van der Waals surface area contributed by atoms with Crippen LogP contribution >= 0.6 is 11.8 Å². The third-order valence-corrected chi connectivity index (χ3v) is 5.12. The second kappa shape index (κ2) is 6.47. The maximum Gasteiger partial charge on any atom is 0.0342 e. The first-order valence-corrected chi connectivity index (χ1v) is 8.39. The van der Waals surface area contributed by atoms with E-state index in [1.165, 1.54) is 33.8 Å². The molecule has 0 spiro atoms. The maximum atomic E-state index is 3.76. The highest BCUT2D eigenvalue weighted by molar-refractivity contribution is 7.99. The third kappa shape index (κ3) is 2.92. The number of fused-ring (bicyclic) bond motifs is 1. The van der Waals surface area contributed by atoms with Crippen molar-refractivity contribution in [2.75, 3.05) is 5.75 Å². The molecule has 1 unspecified atom stereocenters. The standard InChI is InChI=1S/C18H21NS/c1-2-14-7-3-4-8-15(14)13-19-17-11-12-20-18-10-6-5-9-16(17)18/h3-10,17,19H,2,11-13H2,1H3. The first-order chi connectivity index (χ1) is 9.88. The summed E-state index contributed by atoms with van der Waals surface area (Å²) in [6, 6.07) is 18.1. The number of hydrogen-bond acceptors (Lipinski definition) is 2.